The van der Waals surface area contributed by atoms with Crippen LogP contribution in [0.25, 0.3) is 11.0 Å². The van der Waals surface area contributed by atoms with E-state index in [9.17, 15) is 27.6 Å². The van der Waals surface area contributed by atoms with E-state index < -0.39 is 24.1 Å². The van der Waals surface area contributed by atoms with E-state index in [0.717, 1.165) is 42.5 Å². The molecule has 1 unspecified atom stereocenters. The Kier molecular flexibility index (Phi) is 6.34. The number of furan rings is 1. The van der Waals surface area contributed by atoms with Gasteiger partial charge in [-0.1, -0.05) is 12.1 Å². The van der Waals surface area contributed by atoms with Crippen molar-refractivity contribution in [1.29, 1.82) is 0 Å². The van der Waals surface area contributed by atoms with Crippen LogP contribution in [0.4, 0.5) is 13.2 Å². The molecule has 0 aliphatic carbocycles. The number of fused-ring (bicyclic) bond motifs is 3. The maximum Gasteiger partial charge on any atom is 0.490 e. The number of benzene rings is 1. The molecule has 3 aliphatic rings. The normalized spacial score (nSPS) is 21.2. The molecule has 2 saturated heterocycles. The average Bonchev–Trinajstić information content (AvgIpc) is 3.30. The molecule has 12 heteroatoms. The first-order chi connectivity index (χ1) is 16.1. The van der Waals surface area contributed by atoms with E-state index in [0.29, 0.717) is 24.6 Å². The summed E-state index contributed by atoms with van der Waals surface area (Å²) in [6.07, 6.45) is -2.26. The Morgan fingerprint density at radius 3 is 2.41 bits per heavy atom. The summed E-state index contributed by atoms with van der Waals surface area (Å²) in [6, 6.07) is 5.62. The van der Waals surface area contributed by atoms with Crippen molar-refractivity contribution in [2.45, 2.75) is 50.4 Å². The third kappa shape index (κ3) is 4.63. The number of amides is 3. The number of aliphatic carboxylic acids is 1. The lowest BCUT2D eigenvalue weighted by Crippen LogP contribution is -2.52. The van der Waals surface area contributed by atoms with Crippen molar-refractivity contribution >= 4 is 34.7 Å². The number of imide groups is 1. The molecule has 1 aromatic carbocycles. The van der Waals surface area contributed by atoms with Crippen molar-refractivity contribution in [3.05, 3.63) is 35.1 Å². The first-order valence-electron chi connectivity index (χ1n) is 10.8. The number of carboxylic acids is 1. The molecule has 0 radical (unpaired) electrons. The van der Waals surface area contributed by atoms with Crippen LogP contribution < -0.4 is 10.6 Å². The highest BCUT2D eigenvalue weighted by atomic mass is 19.4. The summed E-state index contributed by atoms with van der Waals surface area (Å²) in [5, 5.41) is 13.8. The maximum absolute atomic E-state index is 12.8. The maximum atomic E-state index is 12.8. The van der Waals surface area contributed by atoms with Gasteiger partial charge in [0.2, 0.25) is 11.8 Å². The third-order valence-electron chi connectivity index (χ3n) is 6.24. The van der Waals surface area contributed by atoms with E-state index in [-0.39, 0.29) is 18.2 Å². The number of piperidine rings is 2. The van der Waals surface area contributed by atoms with Gasteiger partial charge >= 0.3 is 12.1 Å². The summed E-state index contributed by atoms with van der Waals surface area (Å²) in [7, 11) is 0. The van der Waals surface area contributed by atoms with Crippen LogP contribution in [0.1, 0.15) is 53.3 Å². The summed E-state index contributed by atoms with van der Waals surface area (Å²) in [5.41, 5.74) is 2.84. The second-order valence-corrected chi connectivity index (χ2v) is 8.39. The highest BCUT2D eigenvalue weighted by molar-refractivity contribution is 6.06. The van der Waals surface area contributed by atoms with Crippen molar-refractivity contribution in [3.63, 3.8) is 0 Å². The quantitative estimate of drug-likeness (QED) is 0.562. The molecule has 3 amide bonds. The topological polar surface area (TPSA) is 129 Å². The minimum Gasteiger partial charge on any atom is -0.475 e. The number of hydrogen-bond donors (Lipinski definition) is 3. The predicted molar refractivity (Wildman–Crippen MR) is 111 cm³/mol. The van der Waals surface area contributed by atoms with Crippen LogP contribution in [0.5, 0.6) is 0 Å². The Hall–Kier alpha value is -3.41. The molecule has 2 aromatic rings. The van der Waals surface area contributed by atoms with Gasteiger partial charge in [0.1, 0.15) is 11.6 Å². The van der Waals surface area contributed by atoms with E-state index in [1.54, 1.807) is 0 Å². The summed E-state index contributed by atoms with van der Waals surface area (Å²) >= 11 is 0. The van der Waals surface area contributed by atoms with E-state index in [1.807, 2.05) is 6.07 Å². The zero-order valence-corrected chi connectivity index (χ0v) is 17.9. The number of alkyl halides is 3. The van der Waals surface area contributed by atoms with Gasteiger partial charge in [0.05, 0.1) is 6.54 Å². The summed E-state index contributed by atoms with van der Waals surface area (Å²) in [4.78, 5) is 46.8. The molecule has 2 fully saturated rings. The highest BCUT2D eigenvalue weighted by Crippen LogP contribution is 2.37. The van der Waals surface area contributed by atoms with Gasteiger partial charge in [0.25, 0.3) is 5.91 Å². The SMILES string of the molecule is O=C(O)C(F)(F)F.O=C1CCC(N2Cc3c(oc4cc(C5CCNCC5)ccc34)C2=O)C(=O)N1. The number of rotatable bonds is 2. The molecular formula is C22H22F3N3O6. The summed E-state index contributed by atoms with van der Waals surface area (Å²) < 4.78 is 37.7. The molecule has 0 saturated carbocycles. The molecule has 0 bridgehead atoms. The predicted octanol–water partition coefficient (Wildman–Crippen LogP) is 2.29. The van der Waals surface area contributed by atoms with Crippen LogP contribution >= 0.6 is 0 Å². The molecule has 1 aromatic heterocycles. The highest BCUT2D eigenvalue weighted by Gasteiger charge is 2.42. The lowest BCUT2D eigenvalue weighted by Gasteiger charge is -2.29. The molecule has 34 heavy (non-hydrogen) atoms. The average molecular weight is 481 g/mol. The zero-order chi connectivity index (χ0) is 24.6. The first-order valence-corrected chi connectivity index (χ1v) is 10.8. The summed E-state index contributed by atoms with van der Waals surface area (Å²) in [5.74, 6) is -2.85. The number of halogens is 3. The van der Waals surface area contributed by atoms with Gasteiger partial charge in [-0.25, -0.2) is 4.79 Å². The van der Waals surface area contributed by atoms with Crippen LogP contribution in [0, 0.1) is 0 Å². The summed E-state index contributed by atoms with van der Waals surface area (Å²) in [6.45, 7) is 2.40. The van der Waals surface area contributed by atoms with Gasteiger partial charge in [0, 0.05) is 17.4 Å². The number of carboxylic acid groups (broad SMARTS) is 1. The third-order valence-corrected chi connectivity index (χ3v) is 6.24. The van der Waals surface area contributed by atoms with Crippen LogP contribution in [0.2, 0.25) is 0 Å². The van der Waals surface area contributed by atoms with Gasteiger partial charge in [0.15, 0.2) is 5.76 Å². The zero-order valence-electron chi connectivity index (χ0n) is 17.9. The van der Waals surface area contributed by atoms with Gasteiger partial charge in [-0.15, -0.1) is 0 Å². The van der Waals surface area contributed by atoms with E-state index >= 15 is 0 Å². The second kappa shape index (κ2) is 9.09. The number of carbonyl (C=O) groups is 4. The van der Waals surface area contributed by atoms with Gasteiger partial charge < -0.3 is 19.7 Å². The fourth-order valence-corrected chi connectivity index (χ4v) is 4.51. The number of nitrogens with zero attached hydrogens (tertiary/aromatic N) is 1. The van der Waals surface area contributed by atoms with Crippen LogP contribution in [0.15, 0.2) is 22.6 Å². The Labute approximate surface area is 191 Å². The van der Waals surface area contributed by atoms with Gasteiger partial charge in [-0.2, -0.15) is 13.2 Å². The van der Waals surface area contributed by atoms with Crippen molar-refractivity contribution in [3.8, 4) is 0 Å². The molecule has 4 heterocycles. The Bertz CT molecular complexity index is 1150. The Morgan fingerprint density at radius 2 is 1.79 bits per heavy atom. The second-order valence-electron chi connectivity index (χ2n) is 8.39. The molecule has 5 rings (SSSR count). The molecular weight excluding hydrogens is 459 g/mol. The fraction of sp³-hybridized carbons (Fsp3) is 0.455. The van der Waals surface area contributed by atoms with Gasteiger partial charge in [-0.05, 0) is 49.9 Å². The number of carbonyl (C=O) groups excluding carboxylic acids is 3. The lowest BCUT2D eigenvalue weighted by molar-refractivity contribution is -0.192. The smallest absolute Gasteiger partial charge is 0.475 e. The van der Waals surface area contributed by atoms with Gasteiger partial charge in [-0.3, -0.25) is 19.7 Å². The fourth-order valence-electron chi connectivity index (χ4n) is 4.51. The monoisotopic (exact) mass is 481 g/mol. The standard InChI is InChI=1S/C20H21N3O4.C2HF3O2/c24-17-4-3-15(19(25)22-17)23-10-14-13-2-1-12(11-5-7-21-8-6-11)9-16(13)27-18(14)20(23)26;3-2(4,5)1(6)7/h1-2,9,11,15,21H,3-8,10H2,(H,22,24,25);(H,6,7). The minimum atomic E-state index is -5.08. The van der Waals surface area contributed by atoms with Crippen molar-refractivity contribution in [2.75, 3.05) is 13.1 Å². The molecule has 3 N–H and O–H groups in total. The molecule has 0 spiro atoms. The number of nitrogens with one attached hydrogen (secondary N) is 2. The van der Waals surface area contributed by atoms with E-state index in [4.69, 9.17) is 14.3 Å². The first kappa shape index (κ1) is 23.7. The van der Waals surface area contributed by atoms with E-state index in [2.05, 4.69) is 22.8 Å². The largest absolute Gasteiger partial charge is 0.490 e. The lowest BCUT2D eigenvalue weighted by atomic mass is 9.90. The minimum absolute atomic E-state index is 0.252. The molecule has 3 aliphatic heterocycles. The molecule has 9 nitrogen and oxygen atoms in total. The van der Waals surface area contributed by atoms with Crippen LogP contribution in [0.3, 0.4) is 0 Å². The van der Waals surface area contributed by atoms with E-state index in [1.165, 1.54) is 10.5 Å². The Balaban J connectivity index is 0.000000344. The number of hydrogen-bond acceptors (Lipinski definition) is 6. The van der Waals surface area contributed by atoms with Crippen molar-refractivity contribution < 1.29 is 41.9 Å². The molecule has 1 atom stereocenters. The Morgan fingerprint density at radius 1 is 1.12 bits per heavy atom. The van der Waals surface area contributed by atoms with Crippen LogP contribution in [-0.4, -0.2) is 59.0 Å². The van der Waals surface area contributed by atoms with Crippen molar-refractivity contribution in [1.82, 2.24) is 15.5 Å². The van der Waals surface area contributed by atoms with Crippen molar-refractivity contribution in [2.24, 2.45) is 0 Å². The molecule has 182 valence electrons. The van der Waals surface area contributed by atoms with Crippen LogP contribution in [-0.2, 0) is 20.9 Å².